The van der Waals surface area contributed by atoms with Crippen molar-refractivity contribution >= 4 is 11.4 Å². The second kappa shape index (κ2) is 5.05. The van der Waals surface area contributed by atoms with E-state index in [1.165, 1.54) is 12.1 Å². The second-order valence-corrected chi connectivity index (χ2v) is 4.58. The third-order valence-electron chi connectivity index (χ3n) is 3.52. The van der Waals surface area contributed by atoms with E-state index in [9.17, 15) is 10.1 Å². The summed E-state index contributed by atoms with van der Waals surface area (Å²) in [7, 11) is 0. The third-order valence-corrected chi connectivity index (χ3v) is 3.52. The van der Waals surface area contributed by atoms with Crippen LogP contribution in [0.2, 0.25) is 0 Å². The fourth-order valence-electron chi connectivity index (χ4n) is 2.39. The van der Waals surface area contributed by atoms with Gasteiger partial charge < -0.3 is 4.90 Å². The smallest absolute Gasteiger partial charge is 0.270 e. The highest BCUT2D eigenvalue weighted by Crippen LogP contribution is 2.30. The quantitative estimate of drug-likeness (QED) is 0.606. The Balaban J connectivity index is 2.29. The normalized spacial score (nSPS) is 18.7. The third kappa shape index (κ3) is 2.28. The van der Waals surface area contributed by atoms with Gasteiger partial charge in [-0.25, -0.2) is 0 Å². The van der Waals surface area contributed by atoms with Gasteiger partial charge in [-0.05, 0) is 18.4 Å². The van der Waals surface area contributed by atoms with Crippen molar-refractivity contribution in [1.82, 2.24) is 0 Å². The number of nitrogens with zero attached hydrogens (tertiary/aromatic N) is 3. The summed E-state index contributed by atoms with van der Waals surface area (Å²) >= 11 is 0. The van der Waals surface area contributed by atoms with Crippen LogP contribution in [0.25, 0.3) is 0 Å². The molecule has 0 saturated carbocycles. The molecule has 94 valence electrons. The zero-order valence-corrected chi connectivity index (χ0v) is 10.3. The van der Waals surface area contributed by atoms with Gasteiger partial charge in [0.1, 0.15) is 6.07 Å². The van der Waals surface area contributed by atoms with Crippen molar-refractivity contribution in [3.05, 3.63) is 33.9 Å². The van der Waals surface area contributed by atoms with Gasteiger partial charge in [0, 0.05) is 25.2 Å². The average Bonchev–Trinajstić information content (AvgIpc) is 2.86. The number of nitro groups is 1. The van der Waals surface area contributed by atoms with Crippen LogP contribution in [0.3, 0.4) is 0 Å². The number of nitro benzene ring substituents is 1. The Kier molecular flexibility index (Phi) is 3.47. The molecule has 0 amide bonds. The highest BCUT2D eigenvalue weighted by atomic mass is 16.6. The minimum absolute atomic E-state index is 0.0264. The number of hydrogen-bond donors (Lipinski definition) is 0. The maximum Gasteiger partial charge on any atom is 0.270 e. The Morgan fingerprint density at radius 2 is 2.39 bits per heavy atom. The minimum Gasteiger partial charge on any atom is -0.370 e. The van der Waals surface area contributed by atoms with Crippen LogP contribution in [0.4, 0.5) is 11.4 Å². The van der Waals surface area contributed by atoms with Crippen molar-refractivity contribution in [2.45, 2.75) is 19.8 Å². The topological polar surface area (TPSA) is 70.2 Å². The van der Waals surface area contributed by atoms with Crippen LogP contribution in [-0.4, -0.2) is 18.0 Å². The Morgan fingerprint density at radius 1 is 1.61 bits per heavy atom. The zero-order chi connectivity index (χ0) is 13.1. The maximum atomic E-state index is 10.7. The maximum absolute atomic E-state index is 10.7. The van der Waals surface area contributed by atoms with E-state index in [4.69, 9.17) is 5.26 Å². The van der Waals surface area contributed by atoms with Gasteiger partial charge in [-0.1, -0.05) is 13.3 Å². The van der Waals surface area contributed by atoms with Crippen LogP contribution >= 0.6 is 0 Å². The molecule has 1 heterocycles. The number of anilines is 1. The number of benzene rings is 1. The first-order valence-corrected chi connectivity index (χ1v) is 6.09. The van der Waals surface area contributed by atoms with E-state index in [-0.39, 0.29) is 5.69 Å². The summed E-state index contributed by atoms with van der Waals surface area (Å²) in [6.45, 7) is 4.02. The first-order chi connectivity index (χ1) is 8.65. The van der Waals surface area contributed by atoms with Gasteiger partial charge in [0.15, 0.2) is 0 Å². The fourth-order valence-corrected chi connectivity index (χ4v) is 2.39. The lowest BCUT2D eigenvalue weighted by molar-refractivity contribution is -0.384. The molecule has 18 heavy (non-hydrogen) atoms. The molecule has 1 atom stereocenters. The monoisotopic (exact) mass is 245 g/mol. The van der Waals surface area contributed by atoms with E-state index in [1.807, 2.05) is 0 Å². The van der Waals surface area contributed by atoms with Gasteiger partial charge in [-0.15, -0.1) is 0 Å². The molecule has 1 aromatic carbocycles. The van der Waals surface area contributed by atoms with Gasteiger partial charge in [0.05, 0.1) is 16.2 Å². The predicted octanol–water partition coefficient (Wildman–Crippen LogP) is 2.70. The van der Waals surface area contributed by atoms with Crippen LogP contribution in [0.1, 0.15) is 25.3 Å². The van der Waals surface area contributed by atoms with Gasteiger partial charge in [-0.2, -0.15) is 5.26 Å². The number of non-ortho nitro benzene ring substituents is 1. The lowest BCUT2D eigenvalue weighted by Crippen LogP contribution is -2.20. The van der Waals surface area contributed by atoms with E-state index >= 15 is 0 Å². The van der Waals surface area contributed by atoms with Crippen LogP contribution in [0, 0.1) is 27.4 Å². The van der Waals surface area contributed by atoms with Crippen molar-refractivity contribution in [2.75, 3.05) is 18.0 Å². The van der Waals surface area contributed by atoms with Crippen molar-refractivity contribution in [1.29, 1.82) is 5.26 Å². The minimum atomic E-state index is -0.469. The highest BCUT2D eigenvalue weighted by molar-refractivity contribution is 5.63. The van der Waals surface area contributed by atoms with Gasteiger partial charge in [0.25, 0.3) is 5.69 Å². The van der Waals surface area contributed by atoms with Crippen LogP contribution < -0.4 is 4.90 Å². The summed E-state index contributed by atoms with van der Waals surface area (Å²) in [4.78, 5) is 12.4. The van der Waals surface area contributed by atoms with Gasteiger partial charge >= 0.3 is 0 Å². The molecule has 0 spiro atoms. The lowest BCUT2D eigenvalue weighted by Gasteiger charge is -2.19. The molecule has 1 saturated heterocycles. The molecular weight excluding hydrogens is 230 g/mol. The van der Waals surface area contributed by atoms with E-state index in [0.717, 1.165) is 31.6 Å². The summed E-state index contributed by atoms with van der Waals surface area (Å²) in [6, 6.07) is 6.57. The van der Waals surface area contributed by atoms with E-state index in [0.29, 0.717) is 11.5 Å². The summed E-state index contributed by atoms with van der Waals surface area (Å²) in [5.74, 6) is 0.659. The van der Waals surface area contributed by atoms with Gasteiger partial charge in [-0.3, -0.25) is 10.1 Å². The molecule has 1 aliphatic rings. The highest BCUT2D eigenvalue weighted by Gasteiger charge is 2.23. The van der Waals surface area contributed by atoms with Crippen LogP contribution in [0.5, 0.6) is 0 Å². The predicted molar refractivity (Wildman–Crippen MR) is 68.4 cm³/mol. The largest absolute Gasteiger partial charge is 0.370 e. The molecule has 1 aromatic rings. The SMILES string of the molecule is CCC1CCN(c2ccc([N+](=O)[O-])cc2C#N)C1. The van der Waals surface area contributed by atoms with Crippen LogP contribution in [0.15, 0.2) is 18.2 Å². The Bertz CT molecular complexity index is 507. The van der Waals surface area contributed by atoms with Crippen molar-refractivity contribution in [3.8, 4) is 6.07 Å². The first-order valence-electron chi connectivity index (χ1n) is 6.09. The zero-order valence-electron chi connectivity index (χ0n) is 10.3. The van der Waals surface area contributed by atoms with Gasteiger partial charge in [0.2, 0.25) is 0 Å². The molecule has 2 rings (SSSR count). The van der Waals surface area contributed by atoms with E-state index in [1.54, 1.807) is 6.07 Å². The fraction of sp³-hybridized carbons (Fsp3) is 0.462. The van der Waals surface area contributed by atoms with Crippen molar-refractivity contribution in [2.24, 2.45) is 5.92 Å². The summed E-state index contributed by atoms with van der Waals surface area (Å²) in [5.41, 5.74) is 1.18. The first kappa shape index (κ1) is 12.4. The second-order valence-electron chi connectivity index (χ2n) is 4.58. The summed E-state index contributed by atoms with van der Waals surface area (Å²) in [6.07, 6.45) is 2.25. The number of nitriles is 1. The standard InChI is InChI=1S/C13H15N3O2/c1-2-10-5-6-15(9-10)13-4-3-12(16(17)18)7-11(13)8-14/h3-4,7,10H,2,5-6,9H2,1H3. The molecule has 5 nitrogen and oxygen atoms in total. The number of rotatable bonds is 3. The van der Waals surface area contributed by atoms with E-state index in [2.05, 4.69) is 17.9 Å². The van der Waals surface area contributed by atoms with E-state index < -0.39 is 4.92 Å². The summed E-state index contributed by atoms with van der Waals surface area (Å²) in [5, 5.41) is 19.8. The van der Waals surface area contributed by atoms with Crippen molar-refractivity contribution in [3.63, 3.8) is 0 Å². The molecule has 0 aliphatic carbocycles. The molecule has 1 unspecified atom stereocenters. The molecule has 5 heteroatoms. The molecular formula is C13H15N3O2. The molecule has 0 aromatic heterocycles. The Labute approximate surface area is 106 Å². The molecule has 1 fully saturated rings. The van der Waals surface area contributed by atoms with Crippen molar-refractivity contribution < 1.29 is 4.92 Å². The molecule has 1 aliphatic heterocycles. The molecule has 0 N–H and O–H groups in total. The lowest BCUT2D eigenvalue weighted by atomic mass is 10.1. The summed E-state index contributed by atoms with van der Waals surface area (Å²) < 4.78 is 0. The van der Waals surface area contributed by atoms with Crippen LogP contribution in [-0.2, 0) is 0 Å². The Hall–Kier alpha value is -2.09. The molecule has 0 radical (unpaired) electrons. The Morgan fingerprint density at radius 3 is 2.94 bits per heavy atom. The molecule has 0 bridgehead atoms. The average molecular weight is 245 g/mol. The number of hydrogen-bond acceptors (Lipinski definition) is 4.